The number of rotatable bonds is 1. The lowest BCUT2D eigenvalue weighted by Crippen LogP contribution is -2.35. The van der Waals surface area contributed by atoms with Crippen molar-refractivity contribution in [1.29, 1.82) is 0 Å². The molecule has 3 nitrogen and oxygen atoms in total. The molecule has 16 heavy (non-hydrogen) atoms. The molecule has 2 N–H and O–H groups in total. The summed E-state index contributed by atoms with van der Waals surface area (Å²) in [4.78, 5) is 10.8. The standard InChI is InChI=1S/C9H9F3N2O.ClH/c1-6(15)14(13)8-4-2-3-7(5-8)9(10,11)12;/h2-5H,13H2,1H3;1H. The number of nitrogens with two attached hydrogens (primary N) is 1. The number of hydrogen-bond donors (Lipinski definition) is 1. The Bertz CT molecular complexity index is 381. The summed E-state index contributed by atoms with van der Waals surface area (Å²) in [7, 11) is 0. The molecule has 0 radical (unpaired) electrons. The van der Waals surface area contributed by atoms with Gasteiger partial charge in [0, 0.05) is 6.92 Å². The molecule has 0 spiro atoms. The minimum atomic E-state index is -4.44. The van der Waals surface area contributed by atoms with Gasteiger partial charge < -0.3 is 0 Å². The minimum Gasteiger partial charge on any atom is -0.273 e. The largest absolute Gasteiger partial charge is 0.416 e. The molecule has 1 aromatic carbocycles. The van der Waals surface area contributed by atoms with Crippen molar-refractivity contribution in [3.63, 3.8) is 0 Å². The van der Waals surface area contributed by atoms with Gasteiger partial charge in [-0.05, 0) is 18.2 Å². The number of halogens is 4. The molecule has 0 saturated carbocycles. The van der Waals surface area contributed by atoms with Crippen LogP contribution in [-0.2, 0) is 11.0 Å². The molecule has 1 aromatic rings. The van der Waals surface area contributed by atoms with Crippen molar-refractivity contribution in [2.24, 2.45) is 5.84 Å². The molecular weight excluding hydrogens is 245 g/mol. The third-order valence-corrected chi connectivity index (χ3v) is 1.79. The maximum absolute atomic E-state index is 12.3. The Kier molecular flexibility index (Phi) is 4.77. The van der Waals surface area contributed by atoms with E-state index in [2.05, 4.69) is 0 Å². The van der Waals surface area contributed by atoms with Gasteiger partial charge in [0.05, 0.1) is 11.3 Å². The van der Waals surface area contributed by atoms with Crippen LogP contribution in [-0.4, -0.2) is 5.91 Å². The summed E-state index contributed by atoms with van der Waals surface area (Å²) in [6.45, 7) is 1.17. The predicted octanol–water partition coefficient (Wildman–Crippen LogP) is 2.35. The van der Waals surface area contributed by atoms with E-state index in [-0.39, 0.29) is 18.1 Å². The maximum Gasteiger partial charge on any atom is 0.416 e. The lowest BCUT2D eigenvalue weighted by molar-refractivity contribution is -0.137. The second-order valence-corrected chi connectivity index (χ2v) is 2.94. The molecule has 0 aliphatic rings. The molecule has 0 aromatic heterocycles. The Morgan fingerprint density at radius 3 is 2.38 bits per heavy atom. The van der Waals surface area contributed by atoms with Crippen LogP contribution in [0, 0.1) is 0 Å². The monoisotopic (exact) mass is 254 g/mol. The van der Waals surface area contributed by atoms with Crippen LogP contribution in [0.15, 0.2) is 24.3 Å². The van der Waals surface area contributed by atoms with Crippen molar-refractivity contribution in [2.75, 3.05) is 5.01 Å². The van der Waals surface area contributed by atoms with Gasteiger partial charge >= 0.3 is 6.18 Å². The highest BCUT2D eigenvalue weighted by atomic mass is 35.5. The van der Waals surface area contributed by atoms with Crippen LogP contribution in [0.25, 0.3) is 0 Å². The summed E-state index contributed by atoms with van der Waals surface area (Å²) in [5.41, 5.74) is -0.825. The highest BCUT2D eigenvalue weighted by molar-refractivity contribution is 5.90. The van der Waals surface area contributed by atoms with Crippen LogP contribution in [0.1, 0.15) is 12.5 Å². The van der Waals surface area contributed by atoms with Crippen molar-refractivity contribution in [3.05, 3.63) is 29.8 Å². The van der Waals surface area contributed by atoms with E-state index in [0.29, 0.717) is 5.01 Å². The molecular formula is C9H10ClF3N2O. The number of carbonyl (C=O) groups excluding carboxylic acids is 1. The zero-order chi connectivity index (χ0) is 11.6. The first-order chi connectivity index (χ1) is 6.82. The van der Waals surface area contributed by atoms with Crippen LogP contribution >= 0.6 is 12.4 Å². The van der Waals surface area contributed by atoms with Crippen molar-refractivity contribution >= 4 is 24.0 Å². The Labute approximate surface area is 96.4 Å². The Balaban J connectivity index is 0.00000225. The number of hydrazine groups is 1. The number of hydrogen-bond acceptors (Lipinski definition) is 2. The van der Waals surface area contributed by atoms with Crippen molar-refractivity contribution < 1.29 is 18.0 Å². The highest BCUT2D eigenvalue weighted by Gasteiger charge is 2.30. The molecule has 0 bridgehead atoms. The van der Waals surface area contributed by atoms with E-state index in [1.54, 1.807) is 0 Å². The molecule has 7 heteroatoms. The number of anilines is 1. The van der Waals surface area contributed by atoms with Crippen LogP contribution in [0.3, 0.4) is 0 Å². The molecule has 0 aliphatic carbocycles. The Morgan fingerprint density at radius 2 is 1.94 bits per heavy atom. The van der Waals surface area contributed by atoms with E-state index in [1.807, 2.05) is 0 Å². The quantitative estimate of drug-likeness (QED) is 0.475. The molecule has 1 rings (SSSR count). The average molecular weight is 255 g/mol. The first-order valence-electron chi connectivity index (χ1n) is 4.05. The minimum absolute atomic E-state index is 0. The van der Waals surface area contributed by atoms with Crippen molar-refractivity contribution in [2.45, 2.75) is 13.1 Å². The number of amides is 1. The van der Waals surface area contributed by atoms with Gasteiger partial charge in [-0.1, -0.05) is 6.07 Å². The van der Waals surface area contributed by atoms with E-state index in [1.165, 1.54) is 19.1 Å². The van der Waals surface area contributed by atoms with Gasteiger partial charge in [0.15, 0.2) is 0 Å². The van der Waals surface area contributed by atoms with Crippen molar-refractivity contribution in [1.82, 2.24) is 0 Å². The first-order valence-corrected chi connectivity index (χ1v) is 4.05. The molecule has 0 fully saturated rings. The van der Waals surface area contributed by atoms with Gasteiger partial charge in [-0.25, -0.2) is 10.9 Å². The van der Waals surface area contributed by atoms with Crippen LogP contribution in [0.4, 0.5) is 18.9 Å². The fraction of sp³-hybridized carbons (Fsp3) is 0.222. The molecule has 0 saturated heterocycles. The molecule has 0 aliphatic heterocycles. The third-order valence-electron chi connectivity index (χ3n) is 1.79. The summed E-state index contributed by atoms with van der Waals surface area (Å²) in [6.07, 6.45) is -4.44. The Hall–Kier alpha value is -1.27. The van der Waals surface area contributed by atoms with E-state index in [9.17, 15) is 18.0 Å². The molecule has 90 valence electrons. The fourth-order valence-electron chi connectivity index (χ4n) is 1.01. The number of carbonyl (C=O) groups is 1. The highest BCUT2D eigenvalue weighted by Crippen LogP contribution is 2.31. The topological polar surface area (TPSA) is 46.3 Å². The van der Waals surface area contributed by atoms with Crippen LogP contribution < -0.4 is 10.9 Å². The number of alkyl halides is 3. The predicted molar refractivity (Wildman–Crippen MR) is 56.0 cm³/mol. The van der Waals surface area contributed by atoms with Gasteiger partial charge in [-0.3, -0.25) is 4.79 Å². The third kappa shape index (κ3) is 3.39. The summed E-state index contributed by atoms with van der Waals surface area (Å²) in [6, 6.07) is 4.26. The van der Waals surface area contributed by atoms with Gasteiger partial charge in [-0.2, -0.15) is 13.2 Å². The summed E-state index contributed by atoms with van der Waals surface area (Å²) in [5.74, 6) is 4.73. The van der Waals surface area contributed by atoms with E-state index in [4.69, 9.17) is 5.84 Å². The molecule has 0 heterocycles. The first kappa shape index (κ1) is 14.7. The van der Waals surface area contributed by atoms with Crippen LogP contribution in [0.2, 0.25) is 0 Å². The van der Waals surface area contributed by atoms with Gasteiger partial charge in [0.2, 0.25) is 5.91 Å². The summed E-state index contributed by atoms with van der Waals surface area (Å²) < 4.78 is 36.9. The molecule has 0 unspecified atom stereocenters. The van der Waals surface area contributed by atoms with E-state index >= 15 is 0 Å². The fourth-order valence-corrected chi connectivity index (χ4v) is 1.01. The molecule has 1 amide bonds. The zero-order valence-corrected chi connectivity index (χ0v) is 9.10. The second-order valence-electron chi connectivity index (χ2n) is 2.94. The van der Waals surface area contributed by atoms with E-state index < -0.39 is 17.6 Å². The lowest BCUT2D eigenvalue weighted by atomic mass is 10.2. The van der Waals surface area contributed by atoms with E-state index in [0.717, 1.165) is 12.1 Å². The lowest BCUT2D eigenvalue weighted by Gasteiger charge is -2.16. The van der Waals surface area contributed by atoms with Gasteiger partial charge in [0.1, 0.15) is 0 Å². The average Bonchev–Trinajstić information content (AvgIpc) is 2.15. The van der Waals surface area contributed by atoms with Crippen LogP contribution in [0.5, 0.6) is 0 Å². The second kappa shape index (κ2) is 5.18. The normalized spacial score (nSPS) is 10.6. The van der Waals surface area contributed by atoms with Crippen molar-refractivity contribution in [3.8, 4) is 0 Å². The summed E-state index contributed by atoms with van der Waals surface area (Å²) >= 11 is 0. The number of nitrogens with zero attached hydrogens (tertiary/aromatic N) is 1. The SMILES string of the molecule is CC(=O)N(N)c1cccc(C(F)(F)F)c1.Cl. The smallest absolute Gasteiger partial charge is 0.273 e. The van der Waals surface area contributed by atoms with Gasteiger partial charge in [-0.15, -0.1) is 12.4 Å². The molecule has 0 atom stereocenters. The summed E-state index contributed by atoms with van der Waals surface area (Å²) in [5, 5.41) is 0.662. The Morgan fingerprint density at radius 1 is 1.38 bits per heavy atom. The maximum atomic E-state index is 12.3. The number of benzene rings is 1. The van der Waals surface area contributed by atoms with Gasteiger partial charge in [0.25, 0.3) is 0 Å². The zero-order valence-electron chi connectivity index (χ0n) is 8.28.